The van der Waals surface area contributed by atoms with Gasteiger partial charge in [0.25, 0.3) is 0 Å². The standard InChI is InChI=1S/C19H19N5O3/c1-13-18(21-19(25)24-22-13)23-20-11-15-9-6-10-16(26-2)17(15)27-12-14-7-4-3-5-8-14/h3-11H,12H2,1-2H3,(H2,21,23,24,25)/b20-11+. The molecule has 27 heavy (non-hydrogen) atoms. The zero-order valence-corrected chi connectivity index (χ0v) is 15.0. The first kappa shape index (κ1) is 18.1. The number of anilines is 1. The van der Waals surface area contributed by atoms with Gasteiger partial charge in [-0.1, -0.05) is 36.4 Å². The average molecular weight is 365 g/mol. The predicted octanol–water partition coefficient (Wildman–Crippen LogP) is 2.51. The number of nitrogens with one attached hydrogen (secondary N) is 2. The van der Waals surface area contributed by atoms with E-state index < -0.39 is 5.69 Å². The summed E-state index contributed by atoms with van der Waals surface area (Å²) in [6.45, 7) is 2.11. The van der Waals surface area contributed by atoms with E-state index in [1.165, 1.54) is 0 Å². The first-order chi connectivity index (χ1) is 13.2. The normalized spacial score (nSPS) is 10.7. The predicted molar refractivity (Wildman–Crippen MR) is 102 cm³/mol. The third-order valence-corrected chi connectivity index (χ3v) is 3.70. The molecule has 0 spiro atoms. The van der Waals surface area contributed by atoms with E-state index in [0.717, 1.165) is 5.56 Å². The molecular weight excluding hydrogens is 346 g/mol. The molecule has 0 atom stereocenters. The summed E-state index contributed by atoms with van der Waals surface area (Å²) >= 11 is 0. The average Bonchev–Trinajstić information content (AvgIpc) is 2.70. The third kappa shape index (κ3) is 4.69. The van der Waals surface area contributed by atoms with Gasteiger partial charge in [-0.3, -0.25) is 5.43 Å². The number of benzene rings is 2. The summed E-state index contributed by atoms with van der Waals surface area (Å²) in [5.41, 5.74) is 4.45. The van der Waals surface area contributed by atoms with Crippen molar-refractivity contribution in [3.05, 3.63) is 75.8 Å². The second-order valence-electron chi connectivity index (χ2n) is 5.60. The van der Waals surface area contributed by atoms with Gasteiger partial charge in [0.05, 0.1) is 13.3 Å². The van der Waals surface area contributed by atoms with Gasteiger partial charge in [-0.25, -0.2) is 9.89 Å². The smallest absolute Gasteiger partial charge is 0.363 e. The van der Waals surface area contributed by atoms with Crippen LogP contribution in [0.2, 0.25) is 0 Å². The van der Waals surface area contributed by atoms with Crippen LogP contribution >= 0.6 is 0 Å². The first-order valence-electron chi connectivity index (χ1n) is 8.23. The van der Waals surface area contributed by atoms with E-state index in [0.29, 0.717) is 29.4 Å². The molecule has 8 nitrogen and oxygen atoms in total. The van der Waals surface area contributed by atoms with E-state index in [2.05, 4.69) is 25.7 Å². The lowest BCUT2D eigenvalue weighted by Crippen LogP contribution is -2.15. The van der Waals surface area contributed by atoms with Gasteiger partial charge in [0.15, 0.2) is 17.3 Å². The van der Waals surface area contributed by atoms with Crippen molar-refractivity contribution in [2.24, 2.45) is 5.10 Å². The van der Waals surface area contributed by atoms with Gasteiger partial charge >= 0.3 is 5.69 Å². The van der Waals surface area contributed by atoms with Gasteiger partial charge in [-0.05, 0) is 24.6 Å². The number of rotatable bonds is 7. The van der Waals surface area contributed by atoms with Crippen LogP contribution in [0.4, 0.5) is 5.82 Å². The number of aromatic nitrogens is 3. The van der Waals surface area contributed by atoms with E-state index in [1.807, 2.05) is 48.5 Å². The van der Waals surface area contributed by atoms with Crippen LogP contribution in [0.25, 0.3) is 0 Å². The zero-order valence-electron chi connectivity index (χ0n) is 15.0. The number of hydrogen-bond donors (Lipinski definition) is 2. The number of H-pyrrole nitrogens is 1. The maximum Gasteiger partial charge on any atom is 0.363 e. The van der Waals surface area contributed by atoms with E-state index in [4.69, 9.17) is 9.47 Å². The molecule has 138 valence electrons. The summed E-state index contributed by atoms with van der Waals surface area (Å²) in [5.74, 6) is 1.45. The number of para-hydroxylation sites is 1. The first-order valence-corrected chi connectivity index (χ1v) is 8.23. The monoisotopic (exact) mass is 365 g/mol. The summed E-state index contributed by atoms with van der Waals surface area (Å²) in [7, 11) is 1.58. The Morgan fingerprint density at radius 2 is 2.00 bits per heavy atom. The summed E-state index contributed by atoms with van der Waals surface area (Å²) in [6.07, 6.45) is 1.57. The Bertz CT molecular complexity index is 986. The lowest BCUT2D eigenvalue weighted by atomic mass is 10.2. The highest BCUT2D eigenvalue weighted by atomic mass is 16.5. The molecule has 3 aromatic rings. The topological polar surface area (TPSA) is 101 Å². The Morgan fingerprint density at radius 1 is 1.19 bits per heavy atom. The molecule has 0 amide bonds. The van der Waals surface area contributed by atoms with Crippen LogP contribution in [0, 0.1) is 6.92 Å². The number of ether oxygens (including phenoxy) is 2. The summed E-state index contributed by atoms with van der Waals surface area (Å²) < 4.78 is 11.4. The van der Waals surface area contributed by atoms with Gasteiger partial charge in [0, 0.05) is 5.56 Å². The fourth-order valence-corrected chi connectivity index (χ4v) is 2.34. The molecule has 0 aliphatic rings. The van der Waals surface area contributed by atoms with Crippen LogP contribution in [-0.4, -0.2) is 28.5 Å². The van der Waals surface area contributed by atoms with Crippen molar-refractivity contribution in [3.8, 4) is 11.5 Å². The fraction of sp³-hybridized carbons (Fsp3) is 0.158. The molecule has 1 aromatic heterocycles. The van der Waals surface area contributed by atoms with Crippen molar-refractivity contribution in [3.63, 3.8) is 0 Å². The van der Waals surface area contributed by atoms with Crippen LogP contribution in [0.5, 0.6) is 11.5 Å². The molecular formula is C19H19N5O3. The SMILES string of the molecule is COc1cccc(/C=N/Nc2nc(=O)[nH]nc2C)c1OCc1ccccc1. The van der Waals surface area contributed by atoms with Crippen LogP contribution in [0.3, 0.4) is 0 Å². The van der Waals surface area contributed by atoms with Crippen molar-refractivity contribution in [2.75, 3.05) is 12.5 Å². The molecule has 1 heterocycles. The summed E-state index contributed by atoms with van der Waals surface area (Å²) in [5, 5.41) is 10.2. The van der Waals surface area contributed by atoms with Crippen LogP contribution < -0.4 is 20.6 Å². The Hall–Kier alpha value is -3.68. The quantitative estimate of drug-likeness (QED) is 0.493. The zero-order chi connectivity index (χ0) is 19.1. The number of hydrogen-bond acceptors (Lipinski definition) is 7. The van der Waals surface area contributed by atoms with Crippen LogP contribution in [0.1, 0.15) is 16.8 Å². The van der Waals surface area contributed by atoms with Gasteiger partial charge in [-0.15, -0.1) is 0 Å². The van der Waals surface area contributed by atoms with E-state index in [-0.39, 0.29) is 5.82 Å². The van der Waals surface area contributed by atoms with E-state index in [9.17, 15) is 4.79 Å². The van der Waals surface area contributed by atoms with Gasteiger partial charge in [0.2, 0.25) is 0 Å². The molecule has 2 aromatic carbocycles. The minimum Gasteiger partial charge on any atom is -0.493 e. The molecule has 0 aliphatic carbocycles. The van der Waals surface area contributed by atoms with Gasteiger partial charge in [0.1, 0.15) is 12.3 Å². The lowest BCUT2D eigenvalue weighted by molar-refractivity contribution is 0.284. The van der Waals surface area contributed by atoms with Crippen molar-refractivity contribution in [1.29, 1.82) is 0 Å². The van der Waals surface area contributed by atoms with Crippen molar-refractivity contribution in [1.82, 2.24) is 15.2 Å². The Labute approximate surface area is 155 Å². The Balaban J connectivity index is 1.80. The Kier molecular flexibility index (Phi) is 5.78. The highest BCUT2D eigenvalue weighted by molar-refractivity contribution is 5.85. The third-order valence-electron chi connectivity index (χ3n) is 3.70. The molecule has 0 radical (unpaired) electrons. The minimum absolute atomic E-state index is 0.282. The molecule has 0 bridgehead atoms. The summed E-state index contributed by atoms with van der Waals surface area (Å²) in [6, 6.07) is 15.3. The Morgan fingerprint density at radius 3 is 2.78 bits per heavy atom. The molecule has 0 unspecified atom stereocenters. The highest BCUT2D eigenvalue weighted by Gasteiger charge is 2.10. The second kappa shape index (κ2) is 8.61. The van der Waals surface area contributed by atoms with Gasteiger partial charge in [-0.2, -0.15) is 15.2 Å². The molecule has 0 fully saturated rings. The van der Waals surface area contributed by atoms with E-state index in [1.54, 1.807) is 20.2 Å². The minimum atomic E-state index is -0.549. The van der Waals surface area contributed by atoms with Crippen LogP contribution in [-0.2, 0) is 6.61 Å². The molecule has 2 N–H and O–H groups in total. The van der Waals surface area contributed by atoms with Crippen molar-refractivity contribution >= 4 is 12.0 Å². The second-order valence-corrected chi connectivity index (χ2v) is 5.60. The summed E-state index contributed by atoms with van der Waals surface area (Å²) in [4.78, 5) is 15.1. The molecule has 0 saturated carbocycles. The van der Waals surface area contributed by atoms with Gasteiger partial charge < -0.3 is 9.47 Å². The number of methoxy groups -OCH3 is 1. The lowest BCUT2D eigenvalue weighted by Gasteiger charge is -2.13. The number of aryl methyl sites for hydroxylation is 1. The maximum absolute atomic E-state index is 11.3. The largest absolute Gasteiger partial charge is 0.493 e. The number of aromatic amines is 1. The number of hydrazone groups is 1. The van der Waals surface area contributed by atoms with E-state index >= 15 is 0 Å². The fourth-order valence-electron chi connectivity index (χ4n) is 2.34. The maximum atomic E-state index is 11.3. The molecule has 0 aliphatic heterocycles. The molecule has 0 saturated heterocycles. The van der Waals surface area contributed by atoms with Crippen molar-refractivity contribution < 1.29 is 9.47 Å². The molecule has 3 rings (SSSR count). The van der Waals surface area contributed by atoms with Crippen LogP contribution in [0.15, 0.2) is 58.4 Å². The highest BCUT2D eigenvalue weighted by Crippen LogP contribution is 2.30. The number of nitrogens with zero attached hydrogens (tertiary/aromatic N) is 3. The molecule has 8 heteroatoms. The van der Waals surface area contributed by atoms with Crippen molar-refractivity contribution in [2.45, 2.75) is 13.5 Å².